The van der Waals surface area contributed by atoms with Crippen molar-refractivity contribution in [3.8, 4) is 11.1 Å². The topological polar surface area (TPSA) is 24.7 Å². The van der Waals surface area contributed by atoms with E-state index in [1.807, 2.05) is 85.2 Å². The molecule has 2 nitrogen and oxygen atoms in total. The van der Waals surface area contributed by atoms with Crippen LogP contribution in [0.25, 0.3) is 32.7 Å². The first-order chi connectivity index (χ1) is 18.7. The molecule has 0 amide bonds. The van der Waals surface area contributed by atoms with Gasteiger partial charge >= 0.3 is 19.5 Å². The van der Waals surface area contributed by atoms with E-state index in [9.17, 15) is 0 Å². The molecule has 5 heteroatoms. The van der Waals surface area contributed by atoms with Gasteiger partial charge in [-0.3, -0.25) is 9.98 Å². The molecule has 6 rings (SSSR count). The van der Waals surface area contributed by atoms with Gasteiger partial charge in [0.2, 0.25) is 0 Å². The number of hydrogen-bond acceptors (Lipinski definition) is 4. The molecular formula is C34H22N2S2Zn. The molecule has 39 heavy (non-hydrogen) atoms. The van der Waals surface area contributed by atoms with E-state index in [2.05, 4.69) is 48.5 Å². The summed E-state index contributed by atoms with van der Waals surface area (Å²) in [5.74, 6) is 0. The second kappa shape index (κ2) is 12.0. The first-order valence-electron chi connectivity index (χ1n) is 12.3. The van der Waals surface area contributed by atoms with E-state index >= 15 is 0 Å². The number of benzene rings is 6. The summed E-state index contributed by atoms with van der Waals surface area (Å²) in [6, 6.07) is 40.8. The first kappa shape index (κ1) is 26.8. The quantitative estimate of drug-likeness (QED) is 0.114. The third-order valence-corrected chi connectivity index (χ3v) is 7.34. The zero-order valence-corrected chi connectivity index (χ0v) is 25.7. The van der Waals surface area contributed by atoms with Crippen molar-refractivity contribution < 1.29 is 19.5 Å². The van der Waals surface area contributed by atoms with Crippen molar-refractivity contribution in [2.45, 2.75) is 9.79 Å². The normalized spacial score (nSPS) is 11.4. The fourth-order valence-corrected chi connectivity index (χ4v) is 5.18. The maximum absolute atomic E-state index is 5.65. The minimum absolute atomic E-state index is 0. The summed E-state index contributed by atoms with van der Waals surface area (Å²) in [4.78, 5) is 11.4. The van der Waals surface area contributed by atoms with Crippen LogP contribution in [0.1, 0.15) is 11.1 Å². The molecule has 6 aromatic carbocycles. The molecule has 0 bridgehead atoms. The van der Waals surface area contributed by atoms with E-state index in [1.165, 1.54) is 0 Å². The summed E-state index contributed by atoms with van der Waals surface area (Å²) in [6.07, 6.45) is 3.77. The Hall–Kier alpha value is -3.76. The van der Waals surface area contributed by atoms with Crippen molar-refractivity contribution in [1.29, 1.82) is 0 Å². The Kier molecular flexibility index (Phi) is 8.23. The van der Waals surface area contributed by atoms with E-state index in [4.69, 9.17) is 35.2 Å². The molecule has 0 aliphatic rings. The molecule has 0 heterocycles. The van der Waals surface area contributed by atoms with Gasteiger partial charge < -0.3 is 25.3 Å². The average Bonchev–Trinajstić information content (AvgIpc) is 2.96. The molecule has 0 saturated carbocycles. The van der Waals surface area contributed by atoms with Crippen LogP contribution in [0, 0.1) is 0 Å². The smallest absolute Gasteiger partial charge is 0.779 e. The molecule has 0 fully saturated rings. The number of rotatable bonds is 5. The van der Waals surface area contributed by atoms with Crippen LogP contribution < -0.4 is 0 Å². The Morgan fingerprint density at radius 2 is 0.821 bits per heavy atom. The second-order valence-electron chi connectivity index (χ2n) is 8.95. The fourth-order valence-electron chi connectivity index (χ4n) is 4.71. The van der Waals surface area contributed by atoms with E-state index < -0.39 is 0 Å². The Balaban J connectivity index is 0.00000308. The van der Waals surface area contributed by atoms with Crippen LogP contribution >= 0.6 is 0 Å². The first-order valence-corrected chi connectivity index (χ1v) is 13.1. The Labute approximate surface area is 252 Å². The maximum atomic E-state index is 5.65. The standard InChI is InChI=1S/C34H24N2S2.Zn/c37-33-19-17-23-9-1-3-11-25(23)29(33)21-35-31-15-7-5-13-27(31)28-14-6-8-16-32(28)36-22-30-26-12-4-2-10-24(26)18-20-34(30)38;/h1-22,37-38H;/q;+2/p-2. The third-order valence-electron chi connectivity index (χ3n) is 6.63. The molecule has 182 valence electrons. The number of fused-ring (bicyclic) bond motifs is 2. The SMILES string of the molecule is [S-]c1ccc2ccccc2c1C=Nc1ccccc1-c1ccccc1N=Cc1c([S-])ccc2ccccc12.[Zn+2]. The van der Waals surface area contributed by atoms with Gasteiger partial charge in [-0.1, -0.05) is 109 Å². The molecule has 0 unspecified atom stereocenters. The van der Waals surface area contributed by atoms with E-state index in [0.717, 1.165) is 65.0 Å². The molecule has 0 atom stereocenters. The molecular weight excluding hydrogens is 566 g/mol. The summed E-state index contributed by atoms with van der Waals surface area (Å²) >= 11 is 11.3. The predicted octanol–water partition coefficient (Wildman–Crippen LogP) is 8.97. The largest absolute Gasteiger partial charge is 2.00 e. The van der Waals surface area contributed by atoms with E-state index in [1.54, 1.807) is 0 Å². The average molecular weight is 588 g/mol. The maximum Gasteiger partial charge on any atom is 2.00 e. The van der Waals surface area contributed by atoms with Crippen molar-refractivity contribution in [3.05, 3.63) is 132 Å². The van der Waals surface area contributed by atoms with Gasteiger partial charge in [0, 0.05) is 23.6 Å². The van der Waals surface area contributed by atoms with Crippen molar-refractivity contribution in [2.75, 3.05) is 0 Å². The molecule has 0 aromatic heterocycles. The minimum Gasteiger partial charge on any atom is -0.779 e. The van der Waals surface area contributed by atoms with Crippen LogP contribution in [-0.2, 0) is 44.7 Å². The van der Waals surface area contributed by atoms with Crippen LogP contribution in [0.5, 0.6) is 0 Å². The summed E-state index contributed by atoms with van der Waals surface area (Å²) in [5.41, 5.74) is 5.61. The van der Waals surface area contributed by atoms with Gasteiger partial charge in [0.05, 0.1) is 11.4 Å². The number of aliphatic imine (C=N–C) groups is 2. The van der Waals surface area contributed by atoms with Gasteiger partial charge in [0.15, 0.2) is 0 Å². The van der Waals surface area contributed by atoms with Gasteiger partial charge in [-0.2, -0.15) is 9.79 Å². The fraction of sp³-hybridized carbons (Fsp3) is 0. The molecule has 6 aromatic rings. The van der Waals surface area contributed by atoms with Gasteiger partial charge in [0.25, 0.3) is 0 Å². The van der Waals surface area contributed by atoms with Crippen molar-refractivity contribution in [2.24, 2.45) is 9.98 Å². The van der Waals surface area contributed by atoms with E-state index in [0.29, 0.717) is 0 Å². The summed E-state index contributed by atoms with van der Waals surface area (Å²) in [7, 11) is 0. The molecule has 0 spiro atoms. The van der Waals surface area contributed by atoms with E-state index in [-0.39, 0.29) is 19.5 Å². The predicted molar refractivity (Wildman–Crippen MR) is 166 cm³/mol. The molecule has 0 radical (unpaired) electrons. The summed E-state index contributed by atoms with van der Waals surface area (Å²) < 4.78 is 0. The molecule has 0 saturated heterocycles. The van der Waals surface area contributed by atoms with Gasteiger partial charge in [0.1, 0.15) is 0 Å². The number of nitrogens with zero attached hydrogens (tertiary/aromatic N) is 2. The molecule has 0 N–H and O–H groups in total. The zero-order chi connectivity index (χ0) is 25.9. The number of para-hydroxylation sites is 2. The van der Waals surface area contributed by atoms with Crippen LogP contribution in [0.4, 0.5) is 11.4 Å². The van der Waals surface area contributed by atoms with Gasteiger partial charge in [-0.25, -0.2) is 0 Å². The Morgan fingerprint density at radius 3 is 1.28 bits per heavy atom. The molecule has 0 aliphatic heterocycles. The Morgan fingerprint density at radius 1 is 0.436 bits per heavy atom. The molecule has 0 aliphatic carbocycles. The summed E-state index contributed by atoms with van der Waals surface area (Å²) in [5, 5.41) is 4.48. The van der Waals surface area contributed by atoms with Crippen molar-refractivity contribution in [1.82, 2.24) is 0 Å². The van der Waals surface area contributed by atoms with Crippen LogP contribution in [0.3, 0.4) is 0 Å². The Bertz CT molecular complexity index is 1720. The van der Waals surface area contributed by atoms with Crippen LogP contribution in [-0.4, -0.2) is 12.4 Å². The second-order valence-corrected chi connectivity index (χ2v) is 9.83. The van der Waals surface area contributed by atoms with Crippen LogP contribution in [0.15, 0.2) is 141 Å². The monoisotopic (exact) mass is 586 g/mol. The summed E-state index contributed by atoms with van der Waals surface area (Å²) in [6.45, 7) is 0. The van der Waals surface area contributed by atoms with Gasteiger partial charge in [-0.15, -0.1) is 0 Å². The van der Waals surface area contributed by atoms with Gasteiger partial charge in [-0.05, 0) is 44.8 Å². The van der Waals surface area contributed by atoms with Crippen molar-refractivity contribution in [3.63, 3.8) is 0 Å². The minimum atomic E-state index is 0. The van der Waals surface area contributed by atoms with Crippen LogP contribution in [0.2, 0.25) is 0 Å². The zero-order valence-electron chi connectivity index (χ0n) is 21.1. The number of hydrogen-bond donors (Lipinski definition) is 0. The third kappa shape index (κ3) is 5.53. The van der Waals surface area contributed by atoms with Crippen molar-refractivity contribution >= 4 is 70.6 Å².